The first-order chi connectivity index (χ1) is 14.7. The van der Waals surface area contributed by atoms with Gasteiger partial charge in [0.05, 0.1) is 12.8 Å². The molecular formula is C22H34N4O5. The zero-order valence-corrected chi connectivity index (χ0v) is 19.2. The highest BCUT2D eigenvalue weighted by molar-refractivity contribution is 5.96. The lowest BCUT2D eigenvalue weighted by Crippen LogP contribution is -2.49. The second kappa shape index (κ2) is 9.28. The molecule has 3 amide bonds. The standard InChI is InChI=1S/C22H34N4O5/c1-14(2)12-17(20(28)30-5)23-21(29)26-11-8-22(13-26)6-9-25(10-7-22)19(27)18-15(3)24-31-16(18)4/h14,17H,6-13H2,1-5H3,(H,23,29). The molecule has 3 heterocycles. The van der Waals surface area contributed by atoms with Crippen molar-refractivity contribution >= 4 is 17.9 Å². The van der Waals surface area contributed by atoms with E-state index in [9.17, 15) is 14.4 Å². The fourth-order valence-electron chi connectivity index (χ4n) is 4.72. The molecular weight excluding hydrogens is 400 g/mol. The normalized spacial score (nSPS) is 19.0. The number of nitrogens with zero attached hydrogens (tertiary/aromatic N) is 3. The Bertz CT molecular complexity index is 806. The van der Waals surface area contributed by atoms with Gasteiger partial charge in [-0.3, -0.25) is 4.79 Å². The minimum absolute atomic E-state index is 0.0195. The van der Waals surface area contributed by atoms with Crippen LogP contribution >= 0.6 is 0 Å². The summed E-state index contributed by atoms with van der Waals surface area (Å²) in [7, 11) is 1.34. The van der Waals surface area contributed by atoms with E-state index in [1.807, 2.05) is 18.7 Å². The van der Waals surface area contributed by atoms with Crippen LogP contribution in [0.25, 0.3) is 0 Å². The van der Waals surface area contributed by atoms with Crippen LogP contribution in [0.2, 0.25) is 0 Å². The Morgan fingerprint density at radius 1 is 1.13 bits per heavy atom. The quantitative estimate of drug-likeness (QED) is 0.714. The number of rotatable bonds is 5. The molecule has 31 heavy (non-hydrogen) atoms. The number of esters is 1. The Hall–Kier alpha value is -2.58. The molecule has 2 aliphatic heterocycles. The topological polar surface area (TPSA) is 105 Å². The highest BCUT2D eigenvalue weighted by Gasteiger charge is 2.43. The molecule has 1 atom stereocenters. The van der Waals surface area contributed by atoms with E-state index in [0.717, 1.165) is 19.3 Å². The molecule has 9 nitrogen and oxygen atoms in total. The lowest BCUT2D eigenvalue weighted by atomic mass is 9.77. The number of aromatic nitrogens is 1. The van der Waals surface area contributed by atoms with Gasteiger partial charge in [-0.25, -0.2) is 9.59 Å². The summed E-state index contributed by atoms with van der Waals surface area (Å²) in [5.41, 5.74) is 1.20. The number of methoxy groups -OCH3 is 1. The van der Waals surface area contributed by atoms with Crippen LogP contribution in [0.15, 0.2) is 4.52 Å². The summed E-state index contributed by atoms with van der Waals surface area (Å²) in [5, 5.41) is 6.74. The molecule has 0 saturated carbocycles. The van der Waals surface area contributed by atoms with E-state index in [2.05, 4.69) is 10.5 Å². The number of hydrogen-bond donors (Lipinski definition) is 1. The van der Waals surface area contributed by atoms with E-state index in [-0.39, 0.29) is 23.3 Å². The fourth-order valence-corrected chi connectivity index (χ4v) is 4.72. The Morgan fingerprint density at radius 2 is 1.74 bits per heavy atom. The summed E-state index contributed by atoms with van der Waals surface area (Å²) in [6.45, 7) is 10.1. The molecule has 9 heteroatoms. The molecule has 3 rings (SSSR count). The molecule has 1 spiro atoms. The summed E-state index contributed by atoms with van der Waals surface area (Å²) in [5.74, 6) is 0.359. The first-order valence-electron chi connectivity index (χ1n) is 11.0. The molecule has 2 saturated heterocycles. The molecule has 0 radical (unpaired) electrons. The number of amides is 3. The van der Waals surface area contributed by atoms with Crippen molar-refractivity contribution in [2.75, 3.05) is 33.3 Å². The van der Waals surface area contributed by atoms with Gasteiger partial charge in [-0.1, -0.05) is 19.0 Å². The number of piperidine rings is 1. The van der Waals surface area contributed by atoms with Crippen molar-refractivity contribution in [3.05, 3.63) is 17.0 Å². The van der Waals surface area contributed by atoms with E-state index in [0.29, 0.717) is 49.6 Å². The number of carbonyl (C=O) groups excluding carboxylic acids is 3. The SMILES string of the molecule is COC(=O)C(CC(C)C)NC(=O)N1CCC2(CCN(C(=O)c3c(C)noc3C)CC2)C1. The Balaban J connectivity index is 1.56. The molecule has 2 aliphatic rings. The summed E-state index contributed by atoms with van der Waals surface area (Å²) < 4.78 is 9.99. The van der Waals surface area contributed by atoms with Crippen molar-refractivity contribution in [1.82, 2.24) is 20.3 Å². The molecule has 2 fully saturated rings. The number of nitrogens with one attached hydrogen (secondary N) is 1. The Labute approximate surface area is 183 Å². The Morgan fingerprint density at radius 3 is 2.26 bits per heavy atom. The smallest absolute Gasteiger partial charge is 0.328 e. The van der Waals surface area contributed by atoms with Gasteiger partial charge >= 0.3 is 12.0 Å². The number of carbonyl (C=O) groups is 3. The van der Waals surface area contributed by atoms with Crippen LogP contribution in [-0.2, 0) is 9.53 Å². The third-order valence-corrected chi connectivity index (χ3v) is 6.57. The number of hydrogen-bond acceptors (Lipinski definition) is 6. The van der Waals surface area contributed by atoms with Crippen LogP contribution < -0.4 is 5.32 Å². The lowest BCUT2D eigenvalue weighted by molar-refractivity contribution is -0.143. The zero-order valence-electron chi connectivity index (χ0n) is 19.2. The molecule has 0 aliphatic carbocycles. The number of urea groups is 1. The average Bonchev–Trinajstić information content (AvgIpc) is 3.29. The molecule has 172 valence electrons. The van der Waals surface area contributed by atoms with Gasteiger partial charge in [-0.15, -0.1) is 0 Å². The van der Waals surface area contributed by atoms with Gasteiger partial charge in [-0.05, 0) is 50.9 Å². The minimum atomic E-state index is -0.636. The molecule has 1 N–H and O–H groups in total. The van der Waals surface area contributed by atoms with Crippen LogP contribution in [0.4, 0.5) is 4.79 Å². The van der Waals surface area contributed by atoms with E-state index in [1.165, 1.54) is 7.11 Å². The molecule has 0 bridgehead atoms. The zero-order chi connectivity index (χ0) is 22.8. The first-order valence-corrected chi connectivity index (χ1v) is 11.0. The van der Waals surface area contributed by atoms with Crippen LogP contribution in [0, 0.1) is 25.2 Å². The second-order valence-corrected chi connectivity index (χ2v) is 9.32. The van der Waals surface area contributed by atoms with E-state index < -0.39 is 12.0 Å². The van der Waals surface area contributed by atoms with Gasteiger partial charge in [-0.2, -0.15) is 0 Å². The highest BCUT2D eigenvalue weighted by Crippen LogP contribution is 2.40. The second-order valence-electron chi connectivity index (χ2n) is 9.32. The largest absolute Gasteiger partial charge is 0.467 e. The third-order valence-electron chi connectivity index (χ3n) is 6.57. The van der Waals surface area contributed by atoms with Crippen molar-refractivity contribution in [1.29, 1.82) is 0 Å². The van der Waals surface area contributed by atoms with E-state index in [1.54, 1.807) is 18.7 Å². The first kappa shape index (κ1) is 23.1. The number of likely N-dealkylation sites (tertiary alicyclic amines) is 2. The number of aryl methyl sites for hydroxylation is 2. The highest BCUT2D eigenvalue weighted by atomic mass is 16.5. The van der Waals surface area contributed by atoms with Gasteiger partial charge in [0, 0.05) is 26.2 Å². The summed E-state index contributed by atoms with van der Waals surface area (Å²) in [4.78, 5) is 41.4. The van der Waals surface area contributed by atoms with Crippen LogP contribution in [-0.4, -0.2) is 72.2 Å². The summed E-state index contributed by atoms with van der Waals surface area (Å²) >= 11 is 0. The minimum Gasteiger partial charge on any atom is -0.467 e. The van der Waals surface area contributed by atoms with Gasteiger partial charge in [0.15, 0.2) is 0 Å². The van der Waals surface area contributed by atoms with Crippen LogP contribution in [0.5, 0.6) is 0 Å². The van der Waals surface area contributed by atoms with E-state index in [4.69, 9.17) is 9.26 Å². The predicted molar refractivity (Wildman–Crippen MR) is 114 cm³/mol. The number of ether oxygens (including phenoxy) is 1. The predicted octanol–water partition coefficient (Wildman–Crippen LogP) is 2.52. The van der Waals surface area contributed by atoms with Crippen molar-refractivity contribution < 1.29 is 23.6 Å². The molecule has 1 aromatic rings. The average molecular weight is 435 g/mol. The van der Waals surface area contributed by atoms with Crippen molar-refractivity contribution in [3.63, 3.8) is 0 Å². The monoisotopic (exact) mass is 434 g/mol. The van der Waals surface area contributed by atoms with Crippen LogP contribution in [0.1, 0.15) is 61.3 Å². The summed E-state index contributed by atoms with van der Waals surface area (Å²) in [6, 6.07) is -0.856. The molecule has 1 aromatic heterocycles. The lowest BCUT2D eigenvalue weighted by Gasteiger charge is -2.39. The third kappa shape index (κ3) is 5.02. The maximum absolute atomic E-state index is 12.9. The van der Waals surface area contributed by atoms with Gasteiger partial charge in [0.1, 0.15) is 17.4 Å². The maximum atomic E-state index is 12.9. The van der Waals surface area contributed by atoms with E-state index >= 15 is 0 Å². The van der Waals surface area contributed by atoms with Crippen LogP contribution in [0.3, 0.4) is 0 Å². The van der Waals surface area contributed by atoms with Crippen molar-refractivity contribution in [2.24, 2.45) is 11.3 Å². The van der Waals surface area contributed by atoms with Gasteiger partial charge < -0.3 is 24.4 Å². The Kier molecular flexibility index (Phi) is 6.91. The fraction of sp³-hybridized carbons (Fsp3) is 0.727. The molecule has 1 unspecified atom stereocenters. The molecule has 0 aromatic carbocycles. The summed E-state index contributed by atoms with van der Waals surface area (Å²) in [6.07, 6.45) is 3.13. The van der Waals surface area contributed by atoms with Crippen molar-refractivity contribution in [2.45, 2.75) is 59.4 Å². The van der Waals surface area contributed by atoms with Gasteiger partial charge in [0.25, 0.3) is 5.91 Å². The van der Waals surface area contributed by atoms with Gasteiger partial charge in [0.2, 0.25) is 0 Å². The van der Waals surface area contributed by atoms with Crippen molar-refractivity contribution in [3.8, 4) is 0 Å². The maximum Gasteiger partial charge on any atom is 0.328 e.